The second kappa shape index (κ2) is 6.89. The van der Waals surface area contributed by atoms with Gasteiger partial charge in [0.1, 0.15) is 10.7 Å². The summed E-state index contributed by atoms with van der Waals surface area (Å²) < 4.78 is 5.01. The van der Waals surface area contributed by atoms with Gasteiger partial charge in [0.2, 0.25) is 0 Å². The quantitative estimate of drug-likeness (QED) is 0.801. The number of aromatic amines is 1. The van der Waals surface area contributed by atoms with Gasteiger partial charge in [-0.05, 0) is 43.7 Å². The van der Waals surface area contributed by atoms with E-state index in [0.717, 1.165) is 48.5 Å². The number of hydrogen-bond acceptors (Lipinski definition) is 5. The molecule has 0 amide bonds. The van der Waals surface area contributed by atoms with Crippen molar-refractivity contribution in [3.8, 4) is 0 Å². The van der Waals surface area contributed by atoms with Gasteiger partial charge in [0, 0.05) is 18.6 Å². The van der Waals surface area contributed by atoms with Crippen LogP contribution in [0.1, 0.15) is 36.0 Å². The second-order valence-corrected chi connectivity index (χ2v) is 7.15. The summed E-state index contributed by atoms with van der Waals surface area (Å²) in [5.41, 5.74) is 1.26. The summed E-state index contributed by atoms with van der Waals surface area (Å²) in [5, 5.41) is 4.12. The summed E-state index contributed by atoms with van der Waals surface area (Å²) in [5.74, 6) is 1.43. The predicted octanol–water partition coefficient (Wildman–Crippen LogP) is 2.24. The Bertz CT molecular complexity index is 707. The van der Waals surface area contributed by atoms with E-state index in [1.807, 2.05) is 0 Å². The van der Waals surface area contributed by atoms with E-state index < -0.39 is 0 Å². The lowest BCUT2D eigenvalue weighted by atomic mass is 9.89. The van der Waals surface area contributed by atoms with Crippen LogP contribution in [0, 0.1) is 5.92 Å². The fourth-order valence-corrected chi connectivity index (χ4v) is 4.43. The monoisotopic (exact) mass is 321 g/mol. The molecule has 6 heteroatoms. The first-order chi connectivity index (χ1) is 10.7. The number of fused-ring (bicyclic) bond motifs is 3. The van der Waals surface area contributed by atoms with Gasteiger partial charge in [-0.25, -0.2) is 4.98 Å². The Labute approximate surface area is 134 Å². The van der Waals surface area contributed by atoms with Crippen LogP contribution in [0.2, 0.25) is 0 Å². The molecular formula is C16H23N3O2S. The standard InChI is InChI=1S/C16H23N3O2S/c1-10-4-5-11-12(8-10)22-16-14(11)15(20)18-13(19-16)9-17-6-3-7-21-2/h10,17H,3-9H2,1-2H3,(H,18,19,20). The third-order valence-corrected chi connectivity index (χ3v) is 5.36. The van der Waals surface area contributed by atoms with Crippen LogP contribution in [0.4, 0.5) is 0 Å². The number of aromatic nitrogens is 2. The Kier molecular flexibility index (Phi) is 4.90. The molecular weight excluding hydrogens is 298 g/mol. The summed E-state index contributed by atoms with van der Waals surface area (Å²) in [6.07, 6.45) is 4.21. The van der Waals surface area contributed by atoms with Gasteiger partial charge in [-0.2, -0.15) is 0 Å². The molecule has 0 aliphatic heterocycles. The molecule has 2 heterocycles. The maximum absolute atomic E-state index is 12.4. The van der Waals surface area contributed by atoms with Crippen LogP contribution < -0.4 is 10.9 Å². The molecule has 0 bridgehead atoms. The van der Waals surface area contributed by atoms with Crippen LogP contribution in [-0.2, 0) is 24.1 Å². The van der Waals surface area contributed by atoms with Crippen LogP contribution >= 0.6 is 11.3 Å². The van der Waals surface area contributed by atoms with Gasteiger partial charge in [-0.15, -0.1) is 11.3 Å². The third kappa shape index (κ3) is 3.24. The summed E-state index contributed by atoms with van der Waals surface area (Å²) in [6, 6.07) is 0. The van der Waals surface area contributed by atoms with E-state index >= 15 is 0 Å². The topological polar surface area (TPSA) is 67.0 Å². The zero-order valence-electron chi connectivity index (χ0n) is 13.2. The Balaban J connectivity index is 1.79. The average Bonchev–Trinajstić information content (AvgIpc) is 2.84. The van der Waals surface area contributed by atoms with E-state index in [2.05, 4.69) is 22.2 Å². The summed E-state index contributed by atoms with van der Waals surface area (Å²) in [7, 11) is 1.70. The molecule has 2 aromatic rings. The molecule has 2 N–H and O–H groups in total. The van der Waals surface area contributed by atoms with Crippen molar-refractivity contribution in [2.24, 2.45) is 5.92 Å². The van der Waals surface area contributed by atoms with Crippen molar-refractivity contribution in [2.45, 2.75) is 39.2 Å². The van der Waals surface area contributed by atoms with Crippen molar-refractivity contribution in [2.75, 3.05) is 20.3 Å². The van der Waals surface area contributed by atoms with Gasteiger partial charge in [-0.3, -0.25) is 4.79 Å². The summed E-state index contributed by atoms with van der Waals surface area (Å²) in [6.45, 7) is 4.47. The van der Waals surface area contributed by atoms with Crippen molar-refractivity contribution in [3.05, 3.63) is 26.6 Å². The van der Waals surface area contributed by atoms with Crippen molar-refractivity contribution in [3.63, 3.8) is 0 Å². The van der Waals surface area contributed by atoms with Crippen molar-refractivity contribution in [1.29, 1.82) is 0 Å². The van der Waals surface area contributed by atoms with E-state index in [1.165, 1.54) is 16.9 Å². The van der Waals surface area contributed by atoms with Crippen LogP contribution in [0.3, 0.4) is 0 Å². The number of methoxy groups -OCH3 is 1. The second-order valence-electron chi connectivity index (χ2n) is 6.07. The number of thiophene rings is 1. The zero-order chi connectivity index (χ0) is 15.5. The highest BCUT2D eigenvalue weighted by atomic mass is 32.1. The fraction of sp³-hybridized carbons (Fsp3) is 0.625. The molecule has 1 unspecified atom stereocenters. The van der Waals surface area contributed by atoms with Crippen LogP contribution in [-0.4, -0.2) is 30.2 Å². The molecule has 0 saturated carbocycles. The molecule has 0 radical (unpaired) electrons. The lowest BCUT2D eigenvalue weighted by Gasteiger charge is -2.17. The minimum absolute atomic E-state index is 0.0192. The molecule has 1 atom stereocenters. The van der Waals surface area contributed by atoms with Crippen molar-refractivity contribution in [1.82, 2.24) is 15.3 Å². The van der Waals surface area contributed by atoms with Crippen LogP contribution in [0.15, 0.2) is 4.79 Å². The largest absolute Gasteiger partial charge is 0.385 e. The van der Waals surface area contributed by atoms with Crippen molar-refractivity contribution >= 4 is 21.6 Å². The Morgan fingerprint density at radius 2 is 2.36 bits per heavy atom. The first-order valence-corrected chi connectivity index (χ1v) is 8.73. The van der Waals surface area contributed by atoms with Gasteiger partial charge in [0.15, 0.2) is 0 Å². The molecule has 0 aromatic carbocycles. The number of H-pyrrole nitrogens is 1. The number of nitrogens with one attached hydrogen (secondary N) is 2. The molecule has 5 nitrogen and oxygen atoms in total. The molecule has 0 spiro atoms. The molecule has 22 heavy (non-hydrogen) atoms. The number of nitrogens with zero attached hydrogens (tertiary/aromatic N) is 1. The van der Waals surface area contributed by atoms with Gasteiger partial charge >= 0.3 is 0 Å². The highest BCUT2D eigenvalue weighted by Crippen LogP contribution is 2.35. The minimum Gasteiger partial charge on any atom is -0.385 e. The minimum atomic E-state index is 0.0192. The number of rotatable bonds is 6. The molecule has 2 aromatic heterocycles. The number of aryl methyl sites for hydroxylation is 1. The fourth-order valence-electron chi connectivity index (χ4n) is 3.03. The Morgan fingerprint density at radius 1 is 1.50 bits per heavy atom. The smallest absolute Gasteiger partial charge is 0.259 e. The molecule has 1 aliphatic rings. The van der Waals surface area contributed by atoms with E-state index in [0.29, 0.717) is 12.5 Å². The Morgan fingerprint density at radius 3 is 3.18 bits per heavy atom. The van der Waals surface area contributed by atoms with Gasteiger partial charge in [0.25, 0.3) is 5.56 Å². The maximum Gasteiger partial charge on any atom is 0.259 e. The first-order valence-electron chi connectivity index (χ1n) is 7.92. The van der Waals surface area contributed by atoms with E-state index in [9.17, 15) is 4.79 Å². The van der Waals surface area contributed by atoms with Gasteiger partial charge in [-0.1, -0.05) is 6.92 Å². The van der Waals surface area contributed by atoms with Crippen LogP contribution in [0.5, 0.6) is 0 Å². The third-order valence-electron chi connectivity index (χ3n) is 4.21. The lowest BCUT2D eigenvalue weighted by Crippen LogP contribution is -2.21. The highest BCUT2D eigenvalue weighted by molar-refractivity contribution is 7.18. The van der Waals surface area contributed by atoms with E-state index in [-0.39, 0.29) is 5.56 Å². The molecule has 0 fully saturated rings. The molecule has 0 saturated heterocycles. The van der Waals surface area contributed by atoms with Crippen LogP contribution in [0.25, 0.3) is 10.2 Å². The lowest BCUT2D eigenvalue weighted by molar-refractivity contribution is 0.194. The van der Waals surface area contributed by atoms with E-state index in [4.69, 9.17) is 4.74 Å². The Hall–Kier alpha value is -1.24. The average molecular weight is 321 g/mol. The number of ether oxygens (including phenoxy) is 1. The van der Waals surface area contributed by atoms with Crippen molar-refractivity contribution < 1.29 is 4.74 Å². The molecule has 1 aliphatic carbocycles. The normalized spacial score (nSPS) is 17.8. The highest BCUT2D eigenvalue weighted by Gasteiger charge is 2.22. The molecule has 3 rings (SSSR count). The molecule has 120 valence electrons. The zero-order valence-corrected chi connectivity index (χ0v) is 14.0. The maximum atomic E-state index is 12.4. The summed E-state index contributed by atoms with van der Waals surface area (Å²) in [4.78, 5) is 22.3. The summed E-state index contributed by atoms with van der Waals surface area (Å²) >= 11 is 1.70. The number of hydrogen-bond donors (Lipinski definition) is 2. The predicted molar refractivity (Wildman–Crippen MR) is 89.6 cm³/mol. The van der Waals surface area contributed by atoms with Gasteiger partial charge in [0.05, 0.1) is 11.9 Å². The van der Waals surface area contributed by atoms with Gasteiger partial charge < -0.3 is 15.0 Å². The first kappa shape index (κ1) is 15.6. The van der Waals surface area contributed by atoms with E-state index in [1.54, 1.807) is 18.4 Å². The SMILES string of the molecule is COCCCNCc1nc2sc3c(c2c(=O)[nH]1)CCC(C)C3.